The van der Waals surface area contributed by atoms with Gasteiger partial charge in [-0.2, -0.15) is 0 Å². The number of halogens is 1. The van der Waals surface area contributed by atoms with E-state index in [9.17, 15) is 9.36 Å². The van der Waals surface area contributed by atoms with Gasteiger partial charge in [0.05, 0.1) is 5.71 Å². The number of aryl methyl sites for hydroxylation is 1. The van der Waals surface area contributed by atoms with Crippen LogP contribution in [0.2, 0.25) is 5.02 Å². The van der Waals surface area contributed by atoms with Crippen molar-refractivity contribution in [3.05, 3.63) is 50.9 Å². The molecule has 1 aromatic carbocycles. The molecule has 0 amide bonds. The Kier molecular flexibility index (Phi) is 5.95. The minimum absolute atomic E-state index is 0.0410. The van der Waals surface area contributed by atoms with E-state index in [0.29, 0.717) is 5.02 Å². The van der Waals surface area contributed by atoms with Crippen LogP contribution in [0.4, 0.5) is 5.00 Å². The predicted octanol–water partition coefficient (Wildman–Crippen LogP) is 5.80. The van der Waals surface area contributed by atoms with Crippen molar-refractivity contribution in [2.45, 2.75) is 33.2 Å². The number of carbonyl (C=O) groups excluding carboxylic acids is 1. The Balaban J connectivity index is 2.25. The topological polar surface area (TPSA) is 68.1 Å². The first-order valence-corrected chi connectivity index (χ1v) is 12.5. The molecule has 2 aromatic rings. The van der Waals surface area contributed by atoms with Crippen LogP contribution in [0.5, 0.6) is 0 Å². The molecule has 5 nitrogen and oxygen atoms in total. The molecule has 0 unspecified atom stereocenters. The first kappa shape index (κ1) is 21.0. The number of aliphatic imine (C=N–C) groups is 2. The molecule has 0 bridgehead atoms. The maximum absolute atomic E-state index is 12.4. The van der Waals surface area contributed by atoms with E-state index in [2.05, 4.69) is 4.99 Å². The second-order valence-corrected chi connectivity index (χ2v) is 11.5. The van der Waals surface area contributed by atoms with Crippen molar-refractivity contribution >= 4 is 52.7 Å². The molecule has 1 aliphatic rings. The lowest BCUT2D eigenvalue weighted by Crippen LogP contribution is -2.24. The summed E-state index contributed by atoms with van der Waals surface area (Å²) in [6.45, 7) is 8.62. The van der Waals surface area contributed by atoms with Gasteiger partial charge in [0, 0.05) is 40.8 Å². The van der Waals surface area contributed by atoms with E-state index in [1.807, 2.05) is 38.1 Å². The van der Waals surface area contributed by atoms with Gasteiger partial charge in [-0.15, -0.1) is 11.3 Å². The van der Waals surface area contributed by atoms with Crippen LogP contribution in [0, 0.1) is 13.8 Å². The van der Waals surface area contributed by atoms with Gasteiger partial charge < -0.3 is 4.52 Å². The molecule has 0 spiro atoms. The van der Waals surface area contributed by atoms with Crippen LogP contribution in [0.15, 0.2) is 34.3 Å². The molecule has 8 heteroatoms. The molecule has 3 rings (SSSR count). The lowest BCUT2D eigenvalue weighted by molar-refractivity contribution is -0.117. The summed E-state index contributed by atoms with van der Waals surface area (Å²) in [4.78, 5) is 22.6. The zero-order valence-corrected chi connectivity index (χ0v) is 18.9. The smallest absolute Gasteiger partial charge is 0.243 e. The summed E-state index contributed by atoms with van der Waals surface area (Å²) in [6.07, 6.45) is 0.128. The number of Topliss-reactive ketones (excluding diaryl/α,β-unsaturated/α-hetero) is 1. The Morgan fingerprint density at radius 1 is 1.25 bits per heavy atom. The van der Waals surface area contributed by atoms with E-state index >= 15 is 0 Å². The molecular weight excluding hydrogens is 415 g/mol. The summed E-state index contributed by atoms with van der Waals surface area (Å²) in [5.74, 6) is 0.190. The molecule has 0 saturated carbocycles. The standard InChI is InChI=1S/C20H22ClN2O3PS/c1-11(24)10-16-19(26-27(4,5)25)23-20-17(12(2)13(3)28-20)18(22-16)14-6-8-15(21)9-7-14/h6-9,16H,10H2,1-5H3/t16-/m0/s1. The van der Waals surface area contributed by atoms with E-state index in [1.165, 1.54) is 31.6 Å². The van der Waals surface area contributed by atoms with E-state index in [4.69, 9.17) is 21.1 Å². The van der Waals surface area contributed by atoms with Gasteiger partial charge in [0.25, 0.3) is 0 Å². The molecule has 148 valence electrons. The number of ketones is 1. The largest absolute Gasteiger partial charge is 0.427 e. The summed E-state index contributed by atoms with van der Waals surface area (Å²) in [5.41, 5.74) is 3.62. The molecule has 0 radical (unpaired) electrons. The highest BCUT2D eigenvalue weighted by molar-refractivity contribution is 7.57. The summed E-state index contributed by atoms with van der Waals surface area (Å²) < 4.78 is 18.1. The zero-order valence-electron chi connectivity index (χ0n) is 16.4. The van der Waals surface area contributed by atoms with Gasteiger partial charge in [-0.25, -0.2) is 4.99 Å². The monoisotopic (exact) mass is 436 g/mol. The van der Waals surface area contributed by atoms with Crippen LogP contribution in [0.25, 0.3) is 0 Å². The number of thiophene rings is 1. The van der Waals surface area contributed by atoms with Gasteiger partial charge >= 0.3 is 0 Å². The predicted molar refractivity (Wildman–Crippen MR) is 118 cm³/mol. The van der Waals surface area contributed by atoms with Crippen molar-refractivity contribution in [3.63, 3.8) is 0 Å². The van der Waals surface area contributed by atoms with Gasteiger partial charge in [0.15, 0.2) is 0 Å². The van der Waals surface area contributed by atoms with Crippen molar-refractivity contribution in [2.24, 2.45) is 9.98 Å². The third-order valence-corrected chi connectivity index (χ3v) is 6.28. The molecule has 1 atom stereocenters. The van der Waals surface area contributed by atoms with E-state index in [1.54, 1.807) is 0 Å². The highest BCUT2D eigenvalue weighted by Crippen LogP contribution is 2.43. The van der Waals surface area contributed by atoms with Crippen molar-refractivity contribution in [2.75, 3.05) is 13.3 Å². The molecular formula is C20H22ClN2O3PS. The van der Waals surface area contributed by atoms with Crippen molar-refractivity contribution < 1.29 is 13.9 Å². The van der Waals surface area contributed by atoms with Gasteiger partial charge in [0.1, 0.15) is 16.8 Å². The number of rotatable bonds is 4. The van der Waals surface area contributed by atoms with Gasteiger partial charge in [-0.3, -0.25) is 14.4 Å². The molecule has 1 aliphatic heterocycles. The third-order valence-electron chi connectivity index (χ3n) is 4.30. The van der Waals surface area contributed by atoms with Crippen molar-refractivity contribution in [3.8, 4) is 0 Å². The van der Waals surface area contributed by atoms with Crippen molar-refractivity contribution in [1.82, 2.24) is 0 Å². The van der Waals surface area contributed by atoms with E-state index in [-0.39, 0.29) is 18.1 Å². The number of benzene rings is 1. The molecule has 28 heavy (non-hydrogen) atoms. The van der Waals surface area contributed by atoms with Gasteiger partial charge in [0.2, 0.25) is 13.3 Å². The first-order chi connectivity index (χ1) is 13.0. The summed E-state index contributed by atoms with van der Waals surface area (Å²) in [5, 5.41) is 1.38. The molecule has 1 aromatic heterocycles. The fraction of sp³-hybridized carbons (Fsp3) is 0.350. The van der Waals surface area contributed by atoms with Crippen LogP contribution in [-0.2, 0) is 13.9 Å². The number of carbonyl (C=O) groups is 1. The summed E-state index contributed by atoms with van der Waals surface area (Å²) >= 11 is 7.59. The van der Waals surface area contributed by atoms with Crippen molar-refractivity contribution in [1.29, 1.82) is 0 Å². The zero-order chi connectivity index (χ0) is 20.6. The Labute approximate surface area is 174 Å². The lowest BCUT2D eigenvalue weighted by Gasteiger charge is -2.17. The van der Waals surface area contributed by atoms with E-state index in [0.717, 1.165) is 32.3 Å². The average Bonchev–Trinajstić information content (AvgIpc) is 2.76. The second kappa shape index (κ2) is 7.94. The Hall–Kier alpha value is -1.75. The van der Waals surface area contributed by atoms with Crippen LogP contribution < -0.4 is 0 Å². The minimum Gasteiger partial charge on any atom is -0.427 e. The van der Waals surface area contributed by atoms with Crippen LogP contribution in [-0.4, -0.2) is 36.8 Å². The Morgan fingerprint density at radius 3 is 2.46 bits per heavy atom. The molecule has 0 fully saturated rings. The SMILES string of the molecule is CC(=O)C[C@@H]1N=C(c2ccc(Cl)cc2)c2c(sc(C)c2C)N=C1OP(C)(C)=O. The quantitative estimate of drug-likeness (QED) is 0.568. The Morgan fingerprint density at radius 2 is 1.89 bits per heavy atom. The molecule has 0 saturated heterocycles. The second-order valence-electron chi connectivity index (χ2n) is 7.16. The third kappa shape index (κ3) is 4.62. The maximum Gasteiger partial charge on any atom is 0.243 e. The van der Waals surface area contributed by atoms with Crippen LogP contribution >= 0.6 is 30.3 Å². The van der Waals surface area contributed by atoms with Gasteiger partial charge in [-0.05, 0) is 38.5 Å². The number of hydrogen-bond donors (Lipinski definition) is 0. The first-order valence-electron chi connectivity index (χ1n) is 8.82. The normalized spacial score (nSPS) is 16.7. The van der Waals surface area contributed by atoms with Gasteiger partial charge in [-0.1, -0.05) is 23.7 Å². The molecule has 2 heterocycles. The fourth-order valence-electron chi connectivity index (χ4n) is 2.96. The summed E-state index contributed by atoms with van der Waals surface area (Å²) in [7, 11) is -2.87. The number of hydrogen-bond acceptors (Lipinski definition) is 6. The number of nitrogens with zero attached hydrogens (tertiary/aromatic N) is 2. The van der Waals surface area contributed by atoms with Crippen LogP contribution in [0.1, 0.15) is 34.9 Å². The van der Waals surface area contributed by atoms with E-state index < -0.39 is 13.4 Å². The fourth-order valence-corrected chi connectivity index (χ4v) is 4.73. The lowest BCUT2D eigenvalue weighted by atomic mass is 9.99. The number of fused-ring (bicyclic) bond motifs is 1. The maximum atomic E-state index is 12.4. The Bertz CT molecular complexity index is 1030. The van der Waals surface area contributed by atoms with Crippen LogP contribution in [0.3, 0.4) is 0 Å². The average molecular weight is 437 g/mol. The molecule has 0 aliphatic carbocycles. The highest BCUT2D eigenvalue weighted by atomic mass is 35.5. The highest BCUT2D eigenvalue weighted by Gasteiger charge is 2.30. The minimum atomic E-state index is -2.87. The molecule has 0 N–H and O–H groups in total. The summed E-state index contributed by atoms with van der Waals surface area (Å²) in [6, 6.07) is 6.79.